The summed E-state index contributed by atoms with van der Waals surface area (Å²) < 4.78 is 10.7. The monoisotopic (exact) mass is 376 g/mol. The first kappa shape index (κ1) is 15.8. The first-order valence-corrected chi connectivity index (χ1v) is 9.12. The second-order valence-electron chi connectivity index (χ2n) is 6.04. The first-order valence-electron chi connectivity index (χ1n) is 8.24. The van der Waals surface area contributed by atoms with Gasteiger partial charge in [0.2, 0.25) is 6.23 Å². The minimum Gasteiger partial charge on any atom is -0.434 e. The number of esters is 1. The minimum atomic E-state index is -0.597. The average molecular weight is 376 g/mol. The summed E-state index contributed by atoms with van der Waals surface area (Å²) in [5, 5.41) is 6.25. The molecule has 0 saturated carbocycles. The highest BCUT2D eigenvalue weighted by atomic mass is 32.1. The van der Waals surface area contributed by atoms with E-state index in [1.165, 1.54) is 11.3 Å². The first-order chi connectivity index (χ1) is 13.2. The summed E-state index contributed by atoms with van der Waals surface area (Å²) in [6, 6.07) is 16.3. The van der Waals surface area contributed by atoms with Crippen LogP contribution in [-0.2, 0) is 4.74 Å². The second kappa shape index (κ2) is 6.07. The molecule has 1 unspecified atom stereocenters. The van der Waals surface area contributed by atoms with E-state index in [9.17, 15) is 9.59 Å². The molecule has 0 bridgehead atoms. The van der Waals surface area contributed by atoms with Crippen molar-refractivity contribution in [3.63, 3.8) is 0 Å². The van der Waals surface area contributed by atoms with Crippen molar-refractivity contribution in [3.8, 4) is 11.3 Å². The van der Waals surface area contributed by atoms with Crippen LogP contribution in [-0.4, -0.2) is 11.0 Å². The second-order valence-corrected chi connectivity index (χ2v) is 6.90. The number of thiazole rings is 1. The molecule has 5 rings (SSSR count). The summed E-state index contributed by atoms with van der Waals surface area (Å²) in [6.07, 6.45) is -0.597. The molecule has 132 valence electrons. The van der Waals surface area contributed by atoms with Crippen LogP contribution in [0.1, 0.15) is 22.1 Å². The SMILES string of the molecule is O=C1OC(Nc2nc(-c3cc4ccccc4oc3=O)cs2)c2ccccc21. The molecule has 4 aromatic rings. The lowest BCUT2D eigenvalue weighted by Crippen LogP contribution is -2.10. The number of carbonyl (C=O) groups is 1. The molecule has 1 aliphatic rings. The molecule has 2 aromatic carbocycles. The molecule has 3 heterocycles. The Morgan fingerprint density at radius 1 is 1.00 bits per heavy atom. The molecule has 0 fully saturated rings. The van der Waals surface area contributed by atoms with Crippen LogP contribution < -0.4 is 10.9 Å². The molecule has 0 saturated heterocycles. The van der Waals surface area contributed by atoms with E-state index in [-0.39, 0.29) is 5.97 Å². The third-order valence-corrected chi connectivity index (χ3v) is 5.14. The Morgan fingerprint density at radius 2 is 1.81 bits per heavy atom. The zero-order valence-electron chi connectivity index (χ0n) is 13.8. The molecule has 27 heavy (non-hydrogen) atoms. The third-order valence-electron chi connectivity index (χ3n) is 4.36. The highest BCUT2D eigenvalue weighted by molar-refractivity contribution is 7.14. The Morgan fingerprint density at radius 3 is 2.74 bits per heavy atom. The van der Waals surface area contributed by atoms with Crippen molar-refractivity contribution >= 4 is 33.4 Å². The van der Waals surface area contributed by atoms with Gasteiger partial charge in [-0.05, 0) is 18.2 Å². The summed E-state index contributed by atoms with van der Waals surface area (Å²) in [5.41, 5.74) is 2.31. The Bertz CT molecular complexity index is 1240. The van der Waals surface area contributed by atoms with Gasteiger partial charge in [0.05, 0.1) is 16.8 Å². The molecule has 0 aliphatic carbocycles. The van der Waals surface area contributed by atoms with Gasteiger partial charge >= 0.3 is 11.6 Å². The van der Waals surface area contributed by atoms with Gasteiger partial charge in [0.25, 0.3) is 0 Å². The van der Waals surface area contributed by atoms with Crippen molar-refractivity contribution < 1.29 is 13.9 Å². The fraction of sp³-hybridized carbons (Fsp3) is 0.0500. The Balaban J connectivity index is 1.47. The lowest BCUT2D eigenvalue weighted by molar-refractivity contribution is 0.0437. The van der Waals surface area contributed by atoms with Crippen LogP contribution in [0.15, 0.2) is 69.2 Å². The Hall–Kier alpha value is -3.45. The number of fused-ring (bicyclic) bond motifs is 2. The molecule has 1 N–H and O–H groups in total. The predicted octanol–water partition coefficient (Wildman–Crippen LogP) is 4.20. The number of anilines is 1. The number of carbonyl (C=O) groups excluding carboxylic acids is 1. The number of ether oxygens (including phenoxy) is 1. The van der Waals surface area contributed by atoms with Crippen LogP contribution in [0, 0.1) is 0 Å². The summed E-state index contributed by atoms with van der Waals surface area (Å²) in [4.78, 5) is 28.7. The quantitative estimate of drug-likeness (QED) is 0.426. The maximum absolute atomic E-state index is 12.3. The number of cyclic esters (lactones) is 1. The van der Waals surface area contributed by atoms with E-state index in [1.54, 1.807) is 29.6 Å². The van der Waals surface area contributed by atoms with Gasteiger partial charge in [-0.1, -0.05) is 36.4 Å². The van der Waals surface area contributed by atoms with Gasteiger partial charge < -0.3 is 14.5 Å². The van der Waals surface area contributed by atoms with Crippen molar-refractivity contribution in [2.24, 2.45) is 0 Å². The van der Waals surface area contributed by atoms with E-state index in [4.69, 9.17) is 9.15 Å². The average Bonchev–Trinajstić information content (AvgIpc) is 3.27. The van der Waals surface area contributed by atoms with Crippen LogP contribution in [0.5, 0.6) is 0 Å². The number of benzene rings is 2. The van der Waals surface area contributed by atoms with Crippen molar-refractivity contribution in [2.75, 3.05) is 5.32 Å². The van der Waals surface area contributed by atoms with Crippen molar-refractivity contribution in [2.45, 2.75) is 6.23 Å². The van der Waals surface area contributed by atoms with Gasteiger partial charge in [-0.25, -0.2) is 14.6 Å². The van der Waals surface area contributed by atoms with Gasteiger partial charge in [0, 0.05) is 16.3 Å². The Kier molecular flexibility index (Phi) is 3.54. The van der Waals surface area contributed by atoms with Crippen molar-refractivity contribution in [1.82, 2.24) is 4.98 Å². The summed E-state index contributed by atoms with van der Waals surface area (Å²) in [6.45, 7) is 0. The van der Waals surface area contributed by atoms with E-state index >= 15 is 0 Å². The fourth-order valence-corrected chi connectivity index (χ4v) is 3.80. The van der Waals surface area contributed by atoms with Gasteiger partial charge in [0.1, 0.15) is 5.58 Å². The number of rotatable bonds is 3. The number of para-hydroxylation sites is 1. The Labute approximate surface area is 157 Å². The van der Waals surface area contributed by atoms with Crippen LogP contribution in [0.4, 0.5) is 5.13 Å². The van der Waals surface area contributed by atoms with Crippen LogP contribution in [0.25, 0.3) is 22.2 Å². The van der Waals surface area contributed by atoms with Crippen LogP contribution in [0.3, 0.4) is 0 Å². The number of nitrogens with one attached hydrogen (secondary N) is 1. The topological polar surface area (TPSA) is 81.4 Å². The number of aromatic nitrogens is 1. The van der Waals surface area contributed by atoms with Crippen LogP contribution >= 0.6 is 11.3 Å². The van der Waals surface area contributed by atoms with Crippen LogP contribution in [0.2, 0.25) is 0 Å². The molecule has 0 spiro atoms. The number of hydrogen-bond donors (Lipinski definition) is 1. The van der Waals surface area contributed by atoms with E-state index in [0.717, 1.165) is 10.9 Å². The highest BCUT2D eigenvalue weighted by Crippen LogP contribution is 2.33. The zero-order chi connectivity index (χ0) is 18.4. The van der Waals surface area contributed by atoms with E-state index in [0.29, 0.717) is 27.5 Å². The predicted molar refractivity (Wildman–Crippen MR) is 102 cm³/mol. The third kappa shape index (κ3) is 2.69. The molecule has 0 amide bonds. The van der Waals surface area contributed by atoms with E-state index in [2.05, 4.69) is 10.3 Å². The lowest BCUT2D eigenvalue weighted by Gasteiger charge is -2.11. The summed E-state index contributed by atoms with van der Waals surface area (Å²) in [7, 11) is 0. The molecule has 1 atom stereocenters. The normalized spacial score (nSPS) is 15.6. The minimum absolute atomic E-state index is 0.366. The molecule has 1 aliphatic heterocycles. The maximum atomic E-state index is 12.3. The smallest absolute Gasteiger partial charge is 0.345 e. The van der Waals surface area contributed by atoms with Gasteiger partial charge in [-0.2, -0.15) is 0 Å². The fourth-order valence-electron chi connectivity index (χ4n) is 3.07. The van der Waals surface area contributed by atoms with Gasteiger partial charge in [-0.15, -0.1) is 11.3 Å². The molecule has 6 nitrogen and oxygen atoms in total. The summed E-state index contributed by atoms with van der Waals surface area (Å²) >= 11 is 1.33. The molecule has 2 aromatic heterocycles. The van der Waals surface area contributed by atoms with Crippen molar-refractivity contribution in [1.29, 1.82) is 0 Å². The standard InChI is InChI=1S/C20H12N2O4S/c23-18-13-7-3-2-6-12(13)17(26-18)22-20-21-15(10-27-20)14-9-11-5-1-4-8-16(11)25-19(14)24/h1-10,17H,(H,21,22). The van der Waals surface area contributed by atoms with Gasteiger partial charge in [0.15, 0.2) is 5.13 Å². The number of hydrogen-bond acceptors (Lipinski definition) is 7. The molecule has 7 heteroatoms. The largest absolute Gasteiger partial charge is 0.434 e. The summed E-state index contributed by atoms with van der Waals surface area (Å²) in [5.74, 6) is -0.366. The molecular formula is C20H12N2O4S. The molecular weight excluding hydrogens is 364 g/mol. The maximum Gasteiger partial charge on any atom is 0.345 e. The van der Waals surface area contributed by atoms with E-state index < -0.39 is 11.9 Å². The number of nitrogens with zero attached hydrogens (tertiary/aromatic N) is 1. The van der Waals surface area contributed by atoms with E-state index in [1.807, 2.05) is 30.3 Å². The lowest BCUT2D eigenvalue weighted by atomic mass is 10.1. The zero-order valence-corrected chi connectivity index (χ0v) is 14.7. The highest BCUT2D eigenvalue weighted by Gasteiger charge is 2.31. The molecule has 0 radical (unpaired) electrons. The van der Waals surface area contributed by atoms with Gasteiger partial charge in [-0.3, -0.25) is 0 Å². The van der Waals surface area contributed by atoms with Crippen molar-refractivity contribution in [3.05, 3.63) is 81.5 Å².